The Morgan fingerprint density at radius 1 is 0.378 bits per heavy atom. The van der Waals surface area contributed by atoms with Gasteiger partial charge in [-0.3, -0.25) is 4.79 Å². The SMILES string of the molecule is CCCCCCC/C=C\C/C=C\C/C=C\CCCCCCCCCCCCCCCCCCCCCCCCCCC(=O)NC(COC1OC(CO)C(O)C(O)C1O)C(O)/C=C/CC/C=C/CC/C=C/CCCCCCCCCCCCCCCCCCCC. The first-order valence-corrected chi connectivity index (χ1v) is 39.2. The van der Waals surface area contributed by atoms with Crippen LogP contribution in [0.15, 0.2) is 72.9 Å². The third-order valence-corrected chi connectivity index (χ3v) is 18.5. The van der Waals surface area contributed by atoms with Crippen molar-refractivity contribution in [3.63, 3.8) is 0 Å². The first-order chi connectivity index (χ1) is 44.3. The van der Waals surface area contributed by atoms with Crippen LogP contribution in [0.4, 0.5) is 0 Å². The smallest absolute Gasteiger partial charge is 0.220 e. The number of rotatable bonds is 69. The molecule has 1 aliphatic rings. The number of nitrogens with one attached hydrogen (secondary N) is 1. The van der Waals surface area contributed by atoms with Gasteiger partial charge in [-0.1, -0.05) is 363 Å². The highest BCUT2D eigenvalue weighted by Gasteiger charge is 2.44. The standard InChI is InChI=1S/C81H149NO8/c1-3-5-7-9-11-13-15-17-19-21-23-25-27-29-31-33-34-35-36-37-38-39-40-41-42-43-45-47-49-51-53-55-57-59-61-63-65-67-69-71-77(85)82-74(73-89-81-80(88)79(87)78(86)76(72-83)90-81)75(84)70-68-66-64-62-60-58-56-54-52-50-48-46-44-32-30-28-26-24-22-20-18-16-14-12-10-8-6-4-2/h15,17,21,23,27,29,52,54,60,62,68,70,74-76,78-81,83-84,86-88H,3-14,16,18-20,22,24-26,28,30-51,53,55-59,61,63-67,69,71-73H2,1-2H3,(H,82,85)/b17-15-,23-21-,29-27-,54-52+,62-60+,70-68+. The highest BCUT2D eigenvalue weighted by Crippen LogP contribution is 2.24. The second kappa shape index (κ2) is 69.5. The van der Waals surface area contributed by atoms with Gasteiger partial charge in [-0.2, -0.15) is 0 Å². The highest BCUT2D eigenvalue weighted by molar-refractivity contribution is 5.76. The summed E-state index contributed by atoms with van der Waals surface area (Å²) in [5, 5.41) is 54.8. The number of carbonyl (C=O) groups is 1. The normalized spacial score (nSPS) is 18.1. The Labute approximate surface area is 557 Å². The molecular formula is C81H149NO8. The second-order valence-corrected chi connectivity index (χ2v) is 27.1. The molecule has 1 fully saturated rings. The van der Waals surface area contributed by atoms with Crippen molar-refractivity contribution in [2.45, 2.75) is 423 Å². The molecule has 0 saturated carbocycles. The molecule has 1 heterocycles. The van der Waals surface area contributed by atoms with Crippen LogP contribution in [-0.2, 0) is 14.3 Å². The molecule has 1 saturated heterocycles. The first-order valence-electron chi connectivity index (χ1n) is 39.2. The van der Waals surface area contributed by atoms with Gasteiger partial charge in [0.05, 0.1) is 25.4 Å². The van der Waals surface area contributed by atoms with Crippen molar-refractivity contribution in [1.29, 1.82) is 0 Å². The van der Waals surface area contributed by atoms with Crippen molar-refractivity contribution in [3.8, 4) is 0 Å². The monoisotopic (exact) mass is 1260 g/mol. The van der Waals surface area contributed by atoms with Gasteiger partial charge >= 0.3 is 0 Å². The lowest BCUT2D eigenvalue weighted by Gasteiger charge is -2.40. The second-order valence-electron chi connectivity index (χ2n) is 27.1. The van der Waals surface area contributed by atoms with E-state index in [4.69, 9.17) is 9.47 Å². The van der Waals surface area contributed by atoms with Crippen LogP contribution >= 0.6 is 0 Å². The molecule has 1 rings (SSSR count). The zero-order valence-electron chi connectivity index (χ0n) is 59.1. The van der Waals surface area contributed by atoms with Crippen LogP contribution in [0.25, 0.3) is 0 Å². The Kier molecular flexibility index (Phi) is 66.1. The van der Waals surface area contributed by atoms with E-state index in [9.17, 15) is 30.3 Å². The molecule has 9 heteroatoms. The average Bonchev–Trinajstić information content (AvgIpc) is 2.75. The number of unbranched alkanes of at least 4 members (excludes halogenated alkanes) is 49. The number of carbonyl (C=O) groups excluding carboxylic acids is 1. The molecule has 7 atom stereocenters. The van der Waals surface area contributed by atoms with Gasteiger partial charge in [0.2, 0.25) is 5.91 Å². The van der Waals surface area contributed by atoms with Crippen LogP contribution in [0.1, 0.15) is 380 Å². The molecule has 526 valence electrons. The lowest BCUT2D eigenvalue weighted by atomic mass is 9.99. The van der Waals surface area contributed by atoms with Crippen molar-refractivity contribution < 1.29 is 39.8 Å². The number of hydrogen-bond acceptors (Lipinski definition) is 8. The molecule has 90 heavy (non-hydrogen) atoms. The fourth-order valence-electron chi connectivity index (χ4n) is 12.4. The first kappa shape index (κ1) is 85.6. The lowest BCUT2D eigenvalue weighted by Crippen LogP contribution is -2.60. The Morgan fingerprint density at radius 2 is 0.667 bits per heavy atom. The predicted octanol–water partition coefficient (Wildman–Crippen LogP) is 22.3. The molecular weight excluding hydrogens is 1110 g/mol. The number of allylic oxidation sites excluding steroid dienone is 11. The van der Waals surface area contributed by atoms with Crippen LogP contribution < -0.4 is 5.32 Å². The number of aliphatic hydroxyl groups excluding tert-OH is 5. The Balaban J connectivity index is 2.09. The van der Waals surface area contributed by atoms with Crippen molar-refractivity contribution >= 4 is 5.91 Å². The summed E-state index contributed by atoms with van der Waals surface area (Å²) in [6, 6.07) is -0.831. The summed E-state index contributed by atoms with van der Waals surface area (Å²) >= 11 is 0. The molecule has 1 aliphatic heterocycles. The van der Waals surface area contributed by atoms with Crippen molar-refractivity contribution in [2.24, 2.45) is 0 Å². The Hall–Kier alpha value is -2.37. The summed E-state index contributed by atoms with van der Waals surface area (Å²) < 4.78 is 11.3. The maximum atomic E-state index is 13.2. The minimum absolute atomic E-state index is 0.185. The van der Waals surface area contributed by atoms with Crippen LogP contribution in [0.5, 0.6) is 0 Å². The molecule has 0 aliphatic carbocycles. The Morgan fingerprint density at radius 3 is 1.01 bits per heavy atom. The van der Waals surface area contributed by atoms with Gasteiger partial charge in [0, 0.05) is 6.42 Å². The topological polar surface area (TPSA) is 149 Å². The lowest BCUT2D eigenvalue weighted by molar-refractivity contribution is -0.302. The van der Waals surface area contributed by atoms with Crippen LogP contribution in [0.3, 0.4) is 0 Å². The van der Waals surface area contributed by atoms with Gasteiger partial charge in [0.1, 0.15) is 24.4 Å². The summed E-state index contributed by atoms with van der Waals surface area (Å²) in [4.78, 5) is 13.2. The molecule has 6 N–H and O–H groups in total. The summed E-state index contributed by atoms with van der Waals surface area (Å²) in [5.74, 6) is -0.185. The van der Waals surface area contributed by atoms with Gasteiger partial charge in [-0.15, -0.1) is 0 Å². The average molecular weight is 1270 g/mol. The minimum atomic E-state index is -1.58. The van der Waals surface area contributed by atoms with E-state index in [1.807, 2.05) is 6.08 Å². The molecule has 7 unspecified atom stereocenters. The van der Waals surface area contributed by atoms with Crippen molar-refractivity contribution in [2.75, 3.05) is 13.2 Å². The fraction of sp³-hybridized carbons (Fsp3) is 0.840. The summed E-state index contributed by atoms with van der Waals surface area (Å²) in [7, 11) is 0. The zero-order chi connectivity index (χ0) is 64.9. The molecule has 0 aromatic rings. The quantitative estimate of drug-likeness (QED) is 0.0261. The summed E-state index contributed by atoms with van der Waals surface area (Å²) in [6.45, 7) is 3.79. The van der Waals surface area contributed by atoms with Gasteiger partial charge < -0.3 is 40.3 Å². The molecule has 0 aromatic carbocycles. The van der Waals surface area contributed by atoms with Crippen LogP contribution in [0, 0.1) is 0 Å². The largest absolute Gasteiger partial charge is 0.394 e. The van der Waals surface area contributed by atoms with Crippen molar-refractivity contribution in [3.05, 3.63) is 72.9 Å². The molecule has 0 spiro atoms. The van der Waals surface area contributed by atoms with Gasteiger partial charge in [0.15, 0.2) is 6.29 Å². The van der Waals surface area contributed by atoms with E-state index in [1.54, 1.807) is 6.08 Å². The highest BCUT2D eigenvalue weighted by atomic mass is 16.7. The number of hydrogen-bond donors (Lipinski definition) is 6. The third-order valence-electron chi connectivity index (χ3n) is 18.5. The fourth-order valence-corrected chi connectivity index (χ4v) is 12.4. The van der Waals surface area contributed by atoms with Gasteiger partial charge in [-0.25, -0.2) is 0 Å². The molecule has 1 amide bonds. The molecule has 0 aromatic heterocycles. The maximum Gasteiger partial charge on any atom is 0.220 e. The van der Waals surface area contributed by atoms with E-state index in [1.165, 1.54) is 302 Å². The predicted molar refractivity (Wildman–Crippen MR) is 387 cm³/mol. The summed E-state index contributed by atoms with van der Waals surface area (Å²) in [6.07, 6.45) is 91.9. The van der Waals surface area contributed by atoms with E-state index in [-0.39, 0.29) is 12.5 Å². The molecule has 0 bridgehead atoms. The van der Waals surface area contributed by atoms with Gasteiger partial charge in [-0.05, 0) is 83.5 Å². The zero-order valence-corrected chi connectivity index (χ0v) is 59.1. The van der Waals surface area contributed by atoms with Gasteiger partial charge in [0.25, 0.3) is 0 Å². The van der Waals surface area contributed by atoms with E-state index >= 15 is 0 Å². The van der Waals surface area contributed by atoms with E-state index < -0.39 is 49.5 Å². The third kappa shape index (κ3) is 57.1. The van der Waals surface area contributed by atoms with Crippen LogP contribution in [-0.4, -0.2) is 87.5 Å². The number of aliphatic hydroxyl groups is 5. The van der Waals surface area contributed by atoms with Crippen LogP contribution in [0.2, 0.25) is 0 Å². The number of ether oxygens (including phenoxy) is 2. The molecule has 0 radical (unpaired) electrons. The summed E-state index contributed by atoms with van der Waals surface area (Å²) in [5.41, 5.74) is 0. The minimum Gasteiger partial charge on any atom is -0.394 e. The number of amides is 1. The van der Waals surface area contributed by atoms with Crippen molar-refractivity contribution in [1.82, 2.24) is 5.32 Å². The maximum absolute atomic E-state index is 13.2. The Bertz CT molecular complexity index is 1660. The molecule has 9 nitrogen and oxygen atoms in total. The van der Waals surface area contributed by atoms with E-state index in [2.05, 4.69) is 79.9 Å². The van der Waals surface area contributed by atoms with E-state index in [0.717, 1.165) is 57.8 Å². The van der Waals surface area contributed by atoms with E-state index in [0.29, 0.717) is 6.42 Å².